The van der Waals surface area contributed by atoms with Gasteiger partial charge in [0.15, 0.2) is 11.6 Å². The van der Waals surface area contributed by atoms with Crippen molar-refractivity contribution in [2.75, 3.05) is 49.2 Å². The molecular formula is C20H27FN6O. The van der Waals surface area contributed by atoms with E-state index in [1.54, 1.807) is 6.33 Å². The van der Waals surface area contributed by atoms with Crippen LogP contribution in [0.2, 0.25) is 0 Å². The van der Waals surface area contributed by atoms with E-state index in [1.165, 1.54) is 6.33 Å². The van der Waals surface area contributed by atoms with Crippen LogP contribution in [0.4, 0.5) is 16.0 Å². The molecule has 2 aliphatic heterocycles. The van der Waals surface area contributed by atoms with E-state index in [0.717, 1.165) is 50.7 Å². The molecular weight excluding hydrogens is 359 g/mol. The first kappa shape index (κ1) is 19.0. The molecule has 2 aromatic rings. The molecule has 0 N–H and O–H groups in total. The molecule has 0 saturated carbocycles. The van der Waals surface area contributed by atoms with Gasteiger partial charge in [0, 0.05) is 57.1 Å². The fraction of sp³-hybridized carbons (Fsp3) is 0.600. The highest BCUT2D eigenvalue weighted by Crippen LogP contribution is 2.28. The average Bonchev–Trinajstić information content (AvgIpc) is 2.75. The number of ether oxygens (including phenoxy) is 1. The lowest BCUT2D eigenvalue weighted by Crippen LogP contribution is -2.47. The highest BCUT2D eigenvalue weighted by Gasteiger charge is 2.25. The Kier molecular flexibility index (Phi) is 5.66. The molecule has 0 radical (unpaired) electrons. The molecule has 7 nitrogen and oxygen atoms in total. The summed E-state index contributed by atoms with van der Waals surface area (Å²) in [4.78, 5) is 21.5. The second-order valence-corrected chi connectivity index (χ2v) is 7.71. The molecule has 8 heteroatoms. The van der Waals surface area contributed by atoms with Crippen molar-refractivity contribution < 1.29 is 9.13 Å². The zero-order valence-corrected chi connectivity index (χ0v) is 16.5. The Morgan fingerprint density at radius 3 is 2.36 bits per heavy atom. The van der Waals surface area contributed by atoms with E-state index in [2.05, 4.69) is 30.9 Å². The van der Waals surface area contributed by atoms with Crippen LogP contribution in [0.3, 0.4) is 0 Å². The van der Waals surface area contributed by atoms with Gasteiger partial charge in [0.2, 0.25) is 0 Å². The molecule has 0 unspecified atom stereocenters. The van der Waals surface area contributed by atoms with Crippen LogP contribution in [0.5, 0.6) is 0 Å². The monoisotopic (exact) mass is 386 g/mol. The van der Waals surface area contributed by atoms with Crippen molar-refractivity contribution in [1.29, 1.82) is 0 Å². The molecule has 2 fully saturated rings. The van der Waals surface area contributed by atoms with Crippen molar-refractivity contribution in [3.05, 3.63) is 35.9 Å². The van der Waals surface area contributed by atoms with E-state index in [4.69, 9.17) is 4.74 Å². The van der Waals surface area contributed by atoms with E-state index < -0.39 is 0 Å². The maximum atomic E-state index is 14.8. The number of rotatable bonds is 4. The molecule has 2 saturated heterocycles. The summed E-state index contributed by atoms with van der Waals surface area (Å²) in [6.45, 7) is 8.41. The SMILES string of the molecule is CC(C)c1ncnc(N2CCN(c3cc(C4CCOCC4)ncn3)CC2)c1F. The van der Waals surface area contributed by atoms with Gasteiger partial charge in [-0.1, -0.05) is 13.8 Å². The Morgan fingerprint density at radius 2 is 1.64 bits per heavy atom. The Morgan fingerprint density at radius 1 is 0.964 bits per heavy atom. The molecule has 0 aliphatic carbocycles. The van der Waals surface area contributed by atoms with E-state index in [1.807, 2.05) is 18.7 Å². The van der Waals surface area contributed by atoms with Gasteiger partial charge in [0.05, 0.1) is 5.69 Å². The smallest absolute Gasteiger partial charge is 0.187 e. The lowest BCUT2D eigenvalue weighted by atomic mass is 9.96. The Labute approximate surface area is 165 Å². The van der Waals surface area contributed by atoms with E-state index in [-0.39, 0.29) is 11.7 Å². The maximum absolute atomic E-state index is 14.8. The predicted molar refractivity (Wildman–Crippen MR) is 105 cm³/mol. The number of aromatic nitrogens is 4. The fourth-order valence-electron chi connectivity index (χ4n) is 3.90. The van der Waals surface area contributed by atoms with Gasteiger partial charge in [-0.3, -0.25) is 0 Å². The normalized spacial score (nSPS) is 18.7. The third-order valence-electron chi connectivity index (χ3n) is 5.56. The first-order valence-electron chi connectivity index (χ1n) is 10.0. The second kappa shape index (κ2) is 8.34. The minimum absolute atomic E-state index is 0.0349. The van der Waals surface area contributed by atoms with Gasteiger partial charge in [-0.25, -0.2) is 24.3 Å². The minimum Gasteiger partial charge on any atom is -0.381 e. The molecule has 4 heterocycles. The molecule has 2 aliphatic rings. The largest absolute Gasteiger partial charge is 0.381 e. The van der Waals surface area contributed by atoms with Gasteiger partial charge in [0.1, 0.15) is 18.5 Å². The number of nitrogens with zero attached hydrogens (tertiary/aromatic N) is 6. The zero-order valence-electron chi connectivity index (χ0n) is 16.5. The van der Waals surface area contributed by atoms with Crippen LogP contribution in [-0.2, 0) is 4.74 Å². The molecule has 0 spiro atoms. The lowest BCUT2D eigenvalue weighted by Gasteiger charge is -2.36. The number of halogens is 1. The Bertz CT molecular complexity index is 803. The van der Waals surface area contributed by atoms with Gasteiger partial charge >= 0.3 is 0 Å². The van der Waals surface area contributed by atoms with Gasteiger partial charge in [-0.15, -0.1) is 0 Å². The highest BCUT2D eigenvalue weighted by molar-refractivity contribution is 5.46. The summed E-state index contributed by atoms with van der Waals surface area (Å²) in [5.41, 5.74) is 1.57. The van der Waals surface area contributed by atoms with Crippen LogP contribution in [0.1, 0.15) is 49.9 Å². The summed E-state index contributed by atoms with van der Waals surface area (Å²) in [6, 6.07) is 2.10. The van der Waals surface area contributed by atoms with Crippen LogP contribution in [-0.4, -0.2) is 59.3 Å². The van der Waals surface area contributed by atoms with E-state index >= 15 is 0 Å². The third-order valence-corrected chi connectivity index (χ3v) is 5.56. The number of hydrogen-bond donors (Lipinski definition) is 0. The standard InChI is InChI=1S/C20H27FN6O/c1-14(2)19-18(21)20(25-13-24-19)27-7-5-26(6-8-27)17-11-16(22-12-23-17)15-3-9-28-10-4-15/h11-15H,3-10H2,1-2H3. The van der Waals surface area contributed by atoms with Crippen LogP contribution in [0.25, 0.3) is 0 Å². The number of piperazine rings is 1. The molecule has 0 aromatic carbocycles. The van der Waals surface area contributed by atoms with Crippen LogP contribution in [0.15, 0.2) is 18.7 Å². The predicted octanol–water partition coefficient (Wildman–Crippen LogP) is 2.75. The number of anilines is 2. The zero-order chi connectivity index (χ0) is 19.5. The maximum Gasteiger partial charge on any atom is 0.187 e. The van der Waals surface area contributed by atoms with Crippen LogP contribution < -0.4 is 9.80 Å². The molecule has 0 atom stereocenters. The van der Waals surface area contributed by atoms with Crippen molar-refractivity contribution in [2.45, 2.75) is 38.5 Å². The van der Waals surface area contributed by atoms with Crippen molar-refractivity contribution in [1.82, 2.24) is 19.9 Å². The lowest BCUT2D eigenvalue weighted by molar-refractivity contribution is 0.0845. The van der Waals surface area contributed by atoms with E-state index in [9.17, 15) is 4.39 Å². The van der Waals surface area contributed by atoms with Crippen molar-refractivity contribution in [3.63, 3.8) is 0 Å². The van der Waals surface area contributed by atoms with Gasteiger partial charge < -0.3 is 14.5 Å². The van der Waals surface area contributed by atoms with Crippen molar-refractivity contribution in [3.8, 4) is 0 Å². The molecule has 0 amide bonds. The second-order valence-electron chi connectivity index (χ2n) is 7.71. The van der Waals surface area contributed by atoms with Crippen LogP contribution >= 0.6 is 0 Å². The highest BCUT2D eigenvalue weighted by atomic mass is 19.1. The third kappa shape index (κ3) is 3.92. The molecule has 28 heavy (non-hydrogen) atoms. The first-order chi connectivity index (χ1) is 13.6. The molecule has 150 valence electrons. The summed E-state index contributed by atoms with van der Waals surface area (Å²) in [5.74, 6) is 1.54. The Hall–Kier alpha value is -2.35. The van der Waals surface area contributed by atoms with Crippen molar-refractivity contribution in [2.24, 2.45) is 0 Å². The average molecular weight is 386 g/mol. The van der Waals surface area contributed by atoms with E-state index in [0.29, 0.717) is 30.5 Å². The first-order valence-corrected chi connectivity index (χ1v) is 10.0. The van der Waals surface area contributed by atoms with Crippen molar-refractivity contribution >= 4 is 11.6 Å². The summed E-state index contributed by atoms with van der Waals surface area (Å²) in [5, 5.41) is 0. The molecule has 2 aromatic heterocycles. The van der Waals surface area contributed by atoms with Gasteiger partial charge in [0.25, 0.3) is 0 Å². The topological polar surface area (TPSA) is 67.3 Å². The molecule has 0 bridgehead atoms. The quantitative estimate of drug-likeness (QED) is 0.800. The van der Waals surface area contributed by atoms with Gasteiger partial charge in [-0.05, 0) is 18.8 Å². The summed E-state index contributed by atoms with van der Waals surface area (Å²) in [6.07, 6.45) is 5.14. The Balaban J connectivity index is 1.44. The minimum atomic E-state index is -0.296. The summed E-state index contributed by atoms with van der Waals surface area (Å²) < 4.78 is 20.2. The summed E-state index contributed by atoms with van der Waals surface area (Å²) in [7, 11) is 0. The number of hydrogen-bond acceptors (Lipinski definition) is 7. The summed E-state index contributed by atoms with van der Waals surface area (Å²) >= 11 is 0. The van der Waals surface area contributed by atoms with Crippen LogP contribution in [0, 0.1) is 5.82 Å². The fourth-order valence-corrected chi connectivity index (χ4v) is 3.90. The van der Waals surface area contributed by atoms with Gasteiger partial charge in [-0.2, -0.15) is 0 Å². The molecule has 4 rings (SSSR count).